The molecule has 2 fully saturated rings. The van der Waals surface area contributed by atoms with Crippen LogP contribution in [-0.2, 0) is 14.3 Å². The van der Waals surface area contributed by atoms with E-state index in [1.54, 1.807) is 13.8 Å². The Hall–Kier alpha value is -1.79. The zero-order chi connectivity index (χ0) is 15.1. The second-order valence-electron chi connectivity index (χ2n) is 6.10. The number of nitrogens with zero attached hydrogens (tertiary/aromatic N) is 2. The van der Waals surface area contributed by atoms with Gasteiger partial charge in [-0.25, -0.2) is 9.59 Å². The van der Waals surface area contributed by atoms with Crippen molar-refractivity contribution in [3.05, 3.63) is 0 Å². The van der Waals surface area contributed by atoms with Gasteiger partial charge in [-0.3, -0.25) is 4.79 Å². The molecule has 2 saturated heterocycles. The van der Waals surface area contributed by atoms with Crippen LogP contribution >= 0.6 is 0 Å². The van der Waals surface area contributed by atoms with E-state index in [0.29, 0.717) is 0 Å². The quantitative estimate of drug-likeness (QED) is 0.655. The number of hydrogen-bond acceptors (Lipinski definition) is 5. The highest BCUT2D eigenvalue weighted by Gasteiger charge is 2.57. The lowest BCUT2D eigenvalue weighted by atomic mass is 9.64. The van der Waals surface area contributed by atoms with Crippen molar-refractivity contribution in [2.75, 3.05) is 40.4 Å². The molecule has 20 heavy (non-hydrogen) atoms. The molecular weight excluding hydrogens is 264 g/mol. The van der Waals surface area contributed by atoms with Crippen LogP contribution in [0.15, 0.2) is 0 Å². The summed E-state index contributed by atoms with van der Waals surface area (Å²) in [5, 5.41) is 0. The molecule has 7 heteroatoms. The summed E-state index contributed by atoms with van der Waals surface area (Å²) in [5.41, 5.74) is -1.57. The van der Waals surface area contributed by atoms with E-state index in [4.69, 9.17) is 9.47 Å². The van der Waals surface area contributed by atoms with Gasteiger partial charge < -0.3 is 19.3 Å². The van der Waals surface area contributed by atoms with Crippen LogP contribution in [0, 0.1) is 10.8 Å². The Morgan fingerprint density at radius 1 is 0.900 bits per heavy atom. The molecule has 0 spiro atoms. The van der Waals surface area contributed by atoms with E-state index in [1.165, 1.54) is 24.0 Å². The zero-order valence-electron chi connectivity index (χ0n) is 12.3. The topological polar surface area (TPSA) is 76.2 Å². The number of carbonyl (C=O) groups is 3. The predicted molar refractivity (Wildman–Crippen MR) is 69.2 cm³/mol. The number of ketones is 1. The van der Waals surface area contributed by atoms with Crippen LogP contribution < -0.4 is 0 Å². The molecule has 0 saturated carbocycles. The number of Topliss-reactive ketones (excluding diaryl/α,β-unsaturated/α-hetero) is 1. The molecule has 0 radical (unpaired) electrons. The van der Waals surface area contributed by atoms with Crippen molar-refractivity contribution < 1.29 is 23.9 Å². The number of carbonyl (C=O) groups excluding carboxylic acids is 3. The molecule has 2 amide bonds. The summed E-state index contributed by atoms with van der Waals surface area (Å²) in [4.78, 5) is 39.2. The first-order valence-corrected chi connectivity index (χ1v) is 6.46. The highest BCUT2D eigenvalue weighted by molar-refractivity contribution is 5.94. The first-order chi connectivity index (χ1) is 9.25. The third-order valence-electron chi connectivity index (χ3n) is 4.12. The van der Waals surface area contributed by atoms with Crippen LogP contribution in [0.5, 0.6) is 0 Å². The minimum absolute atomic E-state index is 0.0882. The molecule has 2 bridgehead atoms. The van der Waals surface area contributed by atoms with Crippen LogP contribution in [0.1, 0.15) is 13.8 Å². The molecular formula is C13H20N2O5. The Morgan fingerprint density at radius 3 is 1.45 bits per heavy atom. The maximum Gasteiger partial charge on any atom is 0.409 e. The van der Waals surface area contributed by atoms with Crippen LogP contribution in [0.2, 0.25) is 0 Å². The Bertz CT molecular complexity index is 410. The maximum atomic E-state index is 12.6. The van der Waals surface area contributed by atoms with E-state index in [0.717, 1.165) is 0 Å². The van der Waals surface area contributed by atoms with Gasteiger partial charge in [0.05, 0.1) is 25.0 Å². The normalized spacial score (nSPS) is 32.9. The molecule has 2 rings (SSSR count). The predicted octanol–water partition coefficient (Wildman–Crippen LogP) is 0.732. The Morgan fingerprint density at radius 2 is 1.20 bits per heavy atom. The van der Waals surface area contributed by atoms with Crippen molar-refractivity contribution in [3.63, 3.8) is 0 Å². The Kier molecular flexibility index (Phi) is 3.39. The molecule has 0 aromatic heterocycles. The first kappa shape index (κ1) is 14.6. The monoisotopic (exact) mass is 284 g/mol. The highest BCUT2D eigenvalue weighted by atomic mass is 16.5. The number of fused-ring (bicyclic) bond motifs is 2. The third kappa shape index (κ3) is 2.10. The van der Waals surface area contributed by atoms with Gasteiger partial charge in [-0.2, -0.15) is 0 Å². The molecule has 2 heterocycles. The van der Waals surface area contributed by atoms with E-state index in [1.807, 2.05) is 0 Å². The largest absolute Gasteiger partial charge is 0.453 e. The average molecular weight is 284 g/mol. The number of hydrogen-bond donors (Lipinski definition) is 0. The second kappa shape index (κ2) is 4.64. The summed E-state index contributed by atoms with van der Waals surface area (Å²) in [7, 11) is 2.64. The molecule has 0 aromatic carbocycles. The van der Waals surface area contributed by atoms with Gasteiger partial charge in [-0.15, -0.1) is 0 Å². The number of piperidine rings is 2. The molecule has 0 unspecified atom stereocenters. The number of rotatable bonds is 0. The van der Waals surface area contributed by atoms with Gasteiger partial charge in [0.1, 0.15) is 0 Å². The minimum Gasteiger partial charge on any atom is -0.453 e. The van der Waals surface area contributed by atoms with Crippen molar-refractivity contribution in [1.29, 1.82) is 0 Å². The van der Waals surface area contributed by atoms with Crippen molar-refractivity contribution in [3.8, 4) is 0 Å². The highest BCUT2D eigenvalue weighted by Crippen LogP contribution is 2.42. The molecule has 112 valence electrons. The average Bonchev–Trinajstić information content (AvgIpc) is 2.40. The van der Waals surface area contributed by atoms with Gasteiger partial charge in [-0.1, -0.05) is 0 Å². The van der Waals surface area contributed by atoms with E-state index in [-0.39, 0.29) is 32.0 Å². The van der Waals surface area contributed by atoms with Gasteiger partial charge in [-0.05, 0) is 13.8 Å². The fourth-order valence-electron chi connectivity index (χ4n) is 3.43. The van der Waals surface area contributed by atoms with Crippen LogP contribution in [0.25, 0.3) is 0 Å². The summed E-state index contributed by atoms with van der Waals surface area (Å²) in [6.45, 7) is 4.56. The van der Waals surface area contributed by atoms with Crippen LogP contribution in [-0.4, -0.2) is 68.2 Å². The molecule has 0 atom stereocenters. The number of methoxy groups -OCH3 is 2. The van der Waals surface area contributed by atoms with E-state index < -0.39 is 23.0 Å². The molecule has 2 aliphatic heterocycles. The van der Waals surface area contributed by atoms with Gasteiger partial charge in [0.25, 0.3) is 0 Å². The maximum absolute atomic E-state index is 12.6. The lowest BCUT2D eigenvalue weighted by molar-refractivity contribution is -0.154. The molecule has 2 aliphatic rings. The minimum atomic E-state index is -0.784. The Balaban J connectivity index is 2.31. The van der Waals surface area contributed by atoms with E-state index in [9.17, 15) is 14.4 Å². The van der Waals surface area contributed by atoms with Gasteiger partial charge >= 0.3 is 12.2 Å². The van der Waals surface area contributed by atoms with Gasteiger partial charge in [0.2, 0.25) is 0 Å². The number of likely N-dealkylation sites (tertiary alicyclic amines) is 2. The van der Waals surface area contributed by atoms with Crippen LogP contribution in [0.4, 0.5) is 9.59 Å². The molecule has 0 aliphatic carbocycles. The Labute approximate surface area is 117 Å². The fraction of sp³-hybridized carbons (Fsp3) is 0.769. The summed E-state index contributed by atoms with van der Waals surface area (Å²) in [5.74, 6) is 0.0882. The van der Waals surface area contributed by atoms with Crippen molar-refractivity contribution in [2.24, 2.45) is 10.8 Å². The first-order valence-electron chi connectivity index (χ1n) is 6.46. The van der Waals surface area contributed by atoms with Crippen molar-refractivity contribution in [1.82, 2.24) is 9.80 Å². The standard InChI is InChI=1S/C13H20N2O5/c1-12-5-14(10(17)19-3)7-13(2,9(12)16)8-15(6-12)11(18)20-4/h5-8H2,1-4H3. The lowest BCUT2D eigenvalue weighted by Crippen LogP contribution is -2.69. The molecule has 0 aromatic rings. The van der Waals surface area contributed by atoms with E-state index >= 15 is 0 Å². The van der Waals surface area contributed by atoms with Gasteiger partial charge in [0.15, 0.2) is 5.78 Å². The summed E-state index contributed by atoms with van der Waals surface area (Å²) in [6, 6.07) is 0. The molecule has 0 N–H and O–H groups in total. The van der Waals surface area contributed by atoms with Crippen molar-refractivity contribution in [2.45, 2.75) is 13.8 Å². The summed E-state index contributed by atoms with van der Waals surface area (Å²) < 4.78 is 9.49. The van der Waals surface area contributed by atoms with Crippen LogP contribution in [0.3, 0.4) is 0 Å². The zero-order valence-corrected chi connectivity index (χ0v) is 12.3. The lowest BCUT2D eigenvalue weighted by Gasteiger charge is -2.54. The second-order valence-corrected chi connectivity index (χ2v) is 6.10. The number of amides is 2. The SMILES string of the molecule is COC(=O)N1CC2(C)CN(C(=O)OC)CC(C)(C1)C2=O. The van der Waals surface area contributed by atoms with E-state index in [2.05, 4.69) is 0 Å². The smallest absolute Gasteiger partial charge is 0.409 e. The summed E-state index contributed by atoms with van der Waals surface area (Å²) >= 11 is 0. The van der Waals surface area contributed by atoms with Gasteiger partial charge in [0, 0.05) is 26.2 Å². The third-order valence-corrected chi connectivity index (χ3v) is 4.12. The van der Waals surface area contributed by atoms with Crippen molar-refractivity contribution >= 4 is 18.0 Å². The summed E-state index contributed by atoms with van der Waals surface area (Å²) in [6.07, 6.45) is -0.886. The fourth-order valence-corrected chi connectivity index (χ4v) is 3.43. The molecule has 7 nitrogen and oxygen atoms in total. The number of ether oxygens (including phenoxy) is 2.